The Morgan fingerprint density at radius 1 is 0.562 bits per heavy atom. The second-order valence-corrected chi connectivity index (χ2v) is 12.4. The molecule has 0 aliphatic rings. The lowest BCUT2D eigenvalue weighted by Crippen LogP contribution is -1.98. The van der Waals surface area contributed by atoms with E-state index >= 15 is 0 Å². The molecule has 6 aromatic carbocycles. The molecule has 5 heteroatoms. The molecule has 0 unspecified atom stereocenters. The van der Waals surface area contributed by atoms with E-state index in [0.29, 0.717) is 0 Å². The minimum atomic E-state index is 0.899. The van der Waals surface area contributed by atoms with Crippen LogP contribution in [0.4, 0.5) is 0 Å². The summed E-state index contributed by atoms with van der Waals surface area (Å²) in [7, 11) is 0. The molecule has 10 aromatic rings. The number of rotatable bonds is 4. The van der Waals surface area contributed by atoms with E-state index in [1.54, 1.807) is 0 Å². The molecule has 48 heavy (non-hydrogen) atoms. The molecular formula is C43H29N5. The summed E-state index contributed by atoms with van der Waals surface area (Å²) in [5, 5.41) is 4.87. The van der Waals surface area contributed by atoms with E-state index in [1.807, 2.05) is 18.3 Å². The van der Waals surface area contributed by atoms with Crippen LogP contribution in [0.5, 0.6) is 0 Å². The van der Waals surface area contributed by atoms with Crippen LogP contribution in [0.1, 0.15) is 5.56 Å². The van der Waals surface area contributed by atoms with E-state index in [-0.39, 0.29) is 0 Å². The van der Waals surface area contributed by atoms with Gasteiger partial charge in [-0.1, -0.05) is 91.0 Å². The summed E-state index contributed by atoms with van der Waals surface area (Å²) in [6.07, 6.45) is 1.85. The molecule has 10 rings (SSSR count). The van der Waals surface area contributed by atoms with Crippen molar-refractivity contribution < 1.29 is 0 Å². The van der Waals surface area contributed by atoms with Crippen LogP contribution in [0.25, 0.3) is 88.7 Å². The van der Waals surface area contributed by atoms with Crippen molar-refractivity contribution >= 4 is 54.6 Å². The highest BCUT2D eigenvalue weighted by Crippen LogP contribution is 2.41. The van der Waals surface area contributed by atoms with Gasteiger partial charge in [0, 0.05) is 50.1 Å². The number of hydrogen-bond acceptors (Lipinski definition) is 2. The monoisotopic (exact) mass is 615 g/mol. The first kappa shape index (κ1) is 26.7. The van der Waals surface area contributed by atoms with Crippen molar-refractivity contribution in [1.29, 1.82) is 0 Å². The predicted octanol–water partition coefficient (Wildman–Crippen LogP) is 10.8. The molecule has 0 bridgehead atoms. The first-order chi connectivity index (χ1) is 23.7. The van der Waals surface area contributed by atoms with Crippen molar-refractivity contribution in [1.82, 2.24) is 24.1 Å². The fraction of sp³-hybridized carbons (Fsp3) is 0.0233. The van der Waals surface area contributed by atoms with Crippen LogP contribution in [-0.4, -0.2) is 24.1 Å². The fourth-order valence-corrected chi connectivity index (χ4v) is 7.54. The number of benzene rings is 6. The van der Waals surface area contributed by atoms with E-state index in [0.717, 1.165) is 67.1 Å². The molecule has 0 saturated heterocycles. The van der Waals surface area contributed by atoms with Gasteiger partial charge in [-0.3, -0.25) is 9.13 Å². The van der Waals surface area contributed by atoms with Crippen molar-refractivity contribution in [2.75, 3.05) is 0 Å². The van der Waals surface area contributed by atoms with Gasteiger partial charge in [-0.25, -0.2) is 9.97 Å². The third kappa shape index (κ3) is 3.85. The van der Waals surface area contributed by atoms with E-state index in [1.165, 1.54) is 27.1 Å². The zero-order chi connectivity index (χ0) is 31.8. The van der Waals surface area contributed by atoms with Gasteiger partial charge < -0.3 is 4.98 Å². The second kappa shape index (κ2) is 10.3. The maximum atomic E-state index is 5.51. The molecule has 4 aromatic heterocycles. The van der Waals surface area contributed by atoms with Gasteiger partial charge in [-0.15, -0.1) is 0 Å². The Kier molecular flexibility index (Phi) is 5.72. The average Bonchev–Trinajstić information content (AvgIpc) is 3.82. The van der Waals surface area contributed by atoms with Gasteiger partial charge in [0.2, 0.25) is 0 Å². The van der Waals surface area contributed by atoms with E-state index < -0.39 is 0 Å². The molecule has 4 heterocycles. The maximum Gasteiger partial charge on any atom is 0.147 e. The molecule has 0 aliphatic heterocycles. The molecule has 0 atom stereocenters. The van der Waals surface area contributed by atoms with Crippen molar-refractivity contribution in [3.63, 3.8) is 0 Å². The molecule has 0 saturated carbocycles. The Morgan fingerprint density at radius 2 is 1.33 bits per heavy atom. The summed E-state index contributed by atoms with van der Waals surface area (Å²) in [4.78, 5) is 14.0. The summed E-state index contributed by atoms with van der Waals surface area (Å²) >= 11 is 0. The largest absolute Gasteiger partial charge is 0.354 e. The van der Waals surface area contributed by atoms with Crippen LogP contribution in [0.2, 0.25) is 0 Å². The van der Waals surface area contributed by atoms with Crippen LogP contribution in [0, 0.1) is 6.92 Å². The van der Waals surface area contributed by atoms with Crippen LogP contribution >= 0.6 is 0 Å². The number of para-hydroxylation sites is 4. The normalized spacial score (nSPS) is 11.9. The minimum absolute atomic E-state index is 0.899. The molecule has 0 fully saturated rings. The first-order valence-electron chi connectivity index (χ1n) is 16.3. The Hall–Kier alpha value is -6.46. The van der Waals surface area contributed by atoms with Gasteiger partial charge in [0.15, 0.2) is 0 Å². The second-order valence-electron chi connectivity index (χ2n) is 12.4. The number of aryl methyl sites for hydroxylation is 1. The first-order valence-corrected chi connectivity index (χ1v) is 16.3. The Bertz CT molecular complexity index is 2840. The van der Waals surface area contributed by atoms with Crippen LogP contribution in [-0.2, 0) is 0 Å². The zero-order valence-corrected chi connectivity index (χ0v) is 26.2. The van der Waals surface area contributed by atoms with E-state index in [2.05, 4.69) is 155 Å². The molecule has 1 N–H and O–H groups in total. The molecule has 0 radical (unpaired) electrons. The standard InChI is InChI=1S/C43H29N5/c1-27-21-23-34(42-40(27)33-15-5-7-17-35(33)45-42)43-46-41-30(16-11-19-37(41)47(43)29-12-3-2-4-13-29)28-22-24-32-31-14-6-8-18-36(31)48(38(32)26-28)39-20-9-10-25-44-39/h2-26,45H,1H3. The summed E-state index contributed by atoms with van der Waals surface area (Å²) in [6.45, 7) is 2.19. The van der Waals surface area contributed by atoms with Crippen LogP contribution in [0.15, 0.2) is 152 Å². The van der Waals surface area contributed by atoms with E-state index in [4.69, 9.17) is 9.97 Å². The summed E-state index contributed by atoms with van der Waals surface area (Å²) in [5.74, 6) is 1.81. The van der Waals surface area contributed by atoms with Gasteiger partial charge in [0.05, 0.1) is 27.6 Å². The van der Waals surface area contributed by atoms with Crippen LogP contribution in [0.3, 0.4) is 0 Å². The topological polar surface area (TPSA) is 51.4 Å². The number of aromatic nitrogens is 5. The number of aromatic amines is 1. The van der Waals surface area contributed by atoms with Gasteiger partial charge in [0.25, 0.3) is 0 Å². The van der Waals surface area contributed by atoms with Crippen molar-refractivity contribution in [3.05, 3.63) is 157 Å². The SMILES string of the molecule is Cc1ccc(-c2nc3c(-c4ccc5c6ccccc6n(-c6ccccn6)c5c4)cccc3n2-c2ccccc2)c2[nH]c3ccccc3c12. The van der Waals surface area contributed by atoms with Gasteiger partial charge in [-0.2, -0.15) is 0 Å². The third-order valence-corrected chi connectivity index (χ3v) is 9.67. The Morgan fingerprint density at radius 3 is 2.21 bits per heavy atom. The number of H-pyrrole nitrogens is 1. The highest BCUT2D eigenvalue weighted by Gasteiger charge is 2.22. The molecular weight excluding hydrogens is 587 g/mol. The lowest BCUT2D eigenvalue weighted by Gasteiger charge is -2.11. The van der Waals surface area contributed by atoms with Gasteiger partial charge in [-0.05, 0) is 72.6 Å². The van der Waals surface area contributed by atoms with Gasteiger partial charge >= 0.3 is 0 Å². The lowest BCUT2D eigenvalue weighted by molar-refractivity contribution is 1.08. The summed E-state index contributed by atoms with van der Waals surface area (Å²) in [6, 6.07) is 51.5. The van der Waals surface area contributed by atoms with Crippen molar-refractivity contribution in [2.45, 2.75) is 6.92 Å². The number of hydrogen-bond donors (Lipinski definition) is 1. The maximum absolute atomic E-state index is 5.51. The molecule has 0 spiro atoms. The molecule has 0 aliphatic carbocycles. The number of nitrogens with zero attached hydrogens (tertiary/aromatic N) is 4. The smallest absolute Gasteiger partial charge is 0.147 e. The van der Waals surface area contributed by atoms with E-state index in [9.17, 15) is 0 Å². The molecule has 5 nitrogen and oxygen atoms in total. The summed E-state index contributed by atoms with van der Waals surface area (Å²) in [5.41, 5.74) is 12.1. The number of fused-ring (bicyclic) bond motifs is 7. The highest BCUT2D eigenvalue weighted by molar-refractivity contribution is 6.14. The molecule has 226 valence electrons. The quantitative estimate of drug-likeness (QED) is 0.214. The van der Waals surface area contributed by atoms with Crippen molar-refractivity contribution in [2.24, 2.45) is 0 Å². The minimum Gasteiger partial charge on any atom is -0.354 e. The van der Waals surface area contributed by atoms with Crippen LogP contribution < -0.4 is 0 Å². The Labute approximate surface area is 276 Å². The lowest BCUT2D eigenvalue weighted by atomic mass is 10.0. The third-order valence-electron chi connectivity index (χ3n) is 9.67. The number of imidazole rings is 1. The predicted molar refractivity (Wildman–Crippen MR) is 198 cm³/mol. The van der Waals surface area contributed by atoms with Gasteiger partial charge in [0.1, 0.15) is 11.6 Å². The van der Waals surface area contributed by atoms with Crippen molar-refractivity contribution in [3.8, 4) is 34.0 Å². The number of nitrogens with one attached hydrogen (secondary N) is 1. The number of pyridine rings is 1. The average molecular weight is 616 g/mol. The zero-order valence-electron chi connectivity index (χ0n) is 26.2. The summed E-state index contributed by atoms with van der Waals surface area (Å²) < 4.78 is 4.57. The fourth-order valence-electron chi connectivity index (χ4n) is 7.54. The Balaban J connectivity index is 1.27. The molecule has 0 amide bonds. The highest BCUT2D eigenvalue weighted by atomic mass is 15.1.